The summed E-state index contributed by atoms with van der Waals surface area (Å²) in [5.41, 5.74) is 7.20. The average Bonchev–Trinajstić information content (AvgIpc) is 3.29. The topological polar surface area (TPSA) is 81.4 Å². The Morgan fingerprint density at radius 3 is 2.09 bits per heavy atom. The summed E-state index contributed by atoms with van der Waals surface area (Å²) >= 11 is 0. The number of fused-ring (bicyclic) bond motifs is 1. The van der Waals surface area contributed by atoms with Gasteiger partial charge in [-0.1, -0.05) is 76.9 Å². The van der Waals surface area contributed by atoms with Crippen molar-refractivity contribution in [3.05, 3.63) is 77.4 Å². The summed E-state index contributed by atoms with van der Waals surface area (Å²) in [5.74, 6) is -1.18. The molecule has 0 radical (unpaired) electrons. The van der Waals surface area contributed by atoms with E-state index >= 15 is 0 Å². The van der Waals surface area contributed by atoms with Crippen LogP contribution in [0.5, 0.6) is 5.75 Å². The van der Waals surface area contributed by atoms with Gasteiger partial charge in [0, 0.05) is 21.0 Å². The predicted molar refractivity (Wildman–Crippen MR) is 149 cm³/mol. The van der Waals surface area contributed by atoms with E-state index in [0.717, 1.165) is 5.56 Å². The van der Waals surface area contributed by atoms with Gasteiger partial charge >= 0.3 is 0 Å². The number of amides is 2. The van der Waals surface area contributed by atoms with Gasteiger partial charge < -0.3 is 15.8 Å². The number of unbranched alkanes of at least 4 members (excludes halogenated alkanes) is 1. The molecular weight excluding hydrogens is 443 g/mol. The second kappa shape index (κ2) is 19.8. The van der Waals surface area contributed by atoms with E-state index in [0.29, 0.717) is 11.3 Å². The Morgan fingerprint density at radius 2 is 1.69 bits per heavy atom. The molecule has 3 N–H and O–H groups in total. The third kappa shape index (κ3) is 10.1. The van der Waals surface area contributed by atoms with Crippen molar-refractivity contribution in [2.24, 2.45) is 5.73 Å². The summed E-state index contributed by atoms with van der Waals surface area (Å²) in [6.07, 6.45) is 11.6. The van der Waals surface area contributed by atoms with E-state index in [1.54, 1.807) is 12.1 Å². The number of primary amides is 1. The Kier molecular flexibility index (Phi) is 19.0. The molecule has 0 saturated carbocycles. The highest BCUT2D eigenvalue weighted by Gasteiger charge is 2.38. The van der Waals surface area contributed by atoms with Crippen molar-refractivity contribution in [2.45, 2.75) is 59.5 Å². The molecule has 0 aliphatic carbocycles. The fourth-order valence-electron chi connectivity index (χ4n) is 3.05. The summed E-state index contributed by atoms with van der Waals surface area (Å²) in [6, 6.07) is 12.2. The molecule has 196 valence electrons. The van der Waals surface area contributed by atoms with Gasteiger partial charge in [-0.3, -0.25) is 9.59 Å². The number of nitrogens with one attached hydrogen (secondary N) is 1. The Hall–Kier alpha value is -3.59. The molecule has 1 aliphatic rings. The first-order valence-electron chi connectivity index (χ1n) is 11.8. The molecule has 1 heterocycles. The number of benzene rings is 2. The van der Waals surface area contributed by atoms with E-state index < -0.39 is 30.5 Å². The quantitative estimate of drug-likeness (QED) is 0.360. The minimum absolute atomic E-state index is 0. The van der Waals surface area contributed by atoms with Crippen molar-refractivity contribution in [3.8, 4) is 18.6 Å². The number of alkyl halides is 1. The zero-order valence-electron chi connectivity index (χ0n) is 21.9. The van der Waals surface area contributed by atoms with Crippen LogP contribution in [-0.4, -0.2) is 31.6 Å². The molecule has 0 unspecified atom stereocenters. The van der Waals surface area contributed by atoms with Crippen LogP contribution in [-0.2, 0) is 0 Å². The second-order valence-corrected chi connectivity index (χ2v) is 6.99. The third-order valence-electron chi connectivity index (χ3n) is 4.66. The Bertz CT molecular complexity index is 920. The van der Waals surface area contributed by atoms with Crippen LogP contribution in [0.1, 0.15) is 88.1 Å². The Balaban J connectivity index is -0.000000364. The van der Waals surface area contributed by atoms with Crippen molar-refractivity contribution in [2.75, 3.05) is 13.7 Å². The highest BCUT2D eigenvalue weighted by atomic mass is 19.1. The van der Waals surface area contributed by atoms with Crippen LogP contribution in [0.15, 0.2) is 55.1 Å². The van der Waals surface area contributed by atoms with Crippen LogP contribution < -0.4 is 15.8 Å². The van der Waals surface area contributed by atoms with Crippen LogP contribution in [0.25, 0.3) is 0 Å². The number of halogens is 1. The molecule has 0 spiro atoms. The molecule has 2 aromatic carbocycles. The molecule has 2 atom stereocenters. The minimum Gasteiger partial charge on any atom is -0.486 e. The molecule has 2 aromatic rings. The average molecular weight is 489 g/mol. The number of rotatable bonds is 5. The molecule has 2 amide bonds. The summed E-state index contributed by atoms with van der Waals surface area (Å²) < 4.78 is 19.3. The fourth-order valence-corrected chi connectivity index (χ4v) is 3.05. The maximum atomic E-state index is 13.6. The van der Waals surface area contributed by atoms with Crippen LogP contribution in [0.2, 0.25) is 0 Å². The largest absolute Gasteiger partial charge is 0.486 e. The molecule has 3 rings (SSSR count). The molecule has 5 nitrogen and oxygen atoms in total. The lowest BCUT2D eigenvalue weighted by molar-refractivity contribution is 0.0955. The number of ether oxygens (including phenoxy) is 1. The number of hydrogen-bond acceptors (Lipinski definition) is 3. The maximum Gasteiger partial charge on any atom is 0.254 e. The van der Waals surface area contributed by atoms with Gasteiger partial charge in [-0.15, -0.1) is 19.4 Å². The van der Waals surface area contributed by atoms with Crippen LogP contribution in [0.3, 0.4) is 0 Å². The van der Waals surface area contributed by atoms with Gasteiger partial charge in [-0.2, -0.15) is 0 Å². The van der Waals surface area contributed by atoms with Crippen LogP contribution >= 0.6 is 0 Å². The zero-order chi connectivity index (χ0) is 27.4. The number of terminal acetylenes is 1. The standard InChI is InChI=1S/C18H17FN2O3.C4H10.C3H6.C2H6.C2H2.2H2/c1-21-18(23)13-8-11(17(20)22)7-12-15(10-5-3-2-4-6-10)14(9-19)24-16(12)13;1-3-4-2;1-3-2;2*1-2;;/h2-8,14-15H,9H2,1H3,(H2,20,22)(H,21,23);3-4H2,1-2H3;3H,1H2,2H3;1-2H3;1-2H;2*1H/t14-,15+;;;;;;/m1....../s1. The highest BCUT2D eigenvalue weighted by Crippen LogP contribution is 2.45. The normalized spacial score (nSPS) is 14.2. The summed E-state index contributed by atoms with van der Waals surface area (Å²) in [6.45, 7) is 12.9. The Labute approximate surface area is 213 Å². The zero-order valence-corrected chi connectivity index (χ0v) is 21.9. The fraction of sp³-hybridized carbons (Fsp3) is 0.379. The molecule has 35 heavy (non-hydrogen) atoms. The number of allylic oxidation sites excluding steroid dienone is 1. The van der Waals surface area contributed by atoms with Crippen LogP contribution in [0, 0.1) is 12.8 Å². The first-order valence-corrected chi connectivity index (χ1v) is 11.8. The molecule has 6 heteroatoms. The summed E-state index contributed by atoms with van der Waals surface area (Å²) in [5, 5.41) is 2.50. The molecule has 0 fully saturated rings. The Morgan fingerprint density at radius 1 is 1.17 bits per heavy atom. The van der Waals surface area contributed by atoms with E-state index in [1.165, 1.54) is 26.0 Å². The lowest BCUT2D eigenvalue weighted by atomic mass is 9.86. The van der Waals surface area contributed by atoms with E-state index in [4.69, 9.17) is 10.5 Å². The molecule has 0 bridgehead atoms. The maximum absolute atomic E-state index is 13.6. The van der Waals surface area contributed by atoms with E-state index in [-0.39, 0.29) is 14.0 Å². The second-order valence-electron chi connectivity index (χ2n) is 6.99. The minimum atomic E-state index is -0.756. The summed E-state index contributed by atoms with van der Waals surface area (Å²) in [4.78, 5) is 23.8. The van der Waals surface area contributed by atoms with Gasteiger partial charge in [0.1, 0.15) is 18.5 Å². The molecule has 0 aromatic heterocycles. The third-order valence-corrected chi connectivity index (χ3v) is 4.66. The molecule has 0 saturated heterocycles. The van der Waals surface area contributed by atoms with E-state index in [2.05, 4.69) is 38.6 Å². The van der Waals surface area contributed by atoms with Gasteiger partial charge in [-0.05, 0) is 24.6 Å². The molecule has 1 aliphatic heterocycles. The lowest BCUT2D eigenvalue weighted by Crippen LogP contribution is -2.22. The highest BCUT2D eigenvalue weighted by molar-refractivity contribution is 6.02. The van der Waals surface area contributed by atoms with Crippen molar-refractivity contribution in [1.29, 1.82) is 0 Å². The van der Waals surface area contributed by atoms with E-state index in [1.807, 2.05) is 51.1 Å². The van der Waals surface area contributed by atoms with Crippen molar-refractivity contribution >= 4 is 11.8 Å². The van der Waals surface area contributed by atoms with Gasteiger partial charge in [0.15, 0.2) is 0 Å². The van der Waals surface area contributed by atoms with E-state index in [9.17, 15) is 14.0 Å². The SMILES string of the molecule is C#C.C=CC.CC.CCCC.CNC(=O)c1cc(C(N)=O)cc2c1O[C@H](CF)[C@H]2c1ccccc1.[HH].[HH]. The monoisotopic (exact) mass is 488 g/mol. The number of hydrogen-bond donors (Lipinski definition) is 2. The van der Waals surface area contributed by atoms with Gasteiger partial charge in [0.05, 0.1) is 11.5 Å². The van der Waals surface area contributed by atoms with Gasteiger partial charge in [0.2, 0.25) is 5.91 Å². The predicted octanol–water partition coefficient (Wildman–Crippen LogP) is 6.77. The number of carbonyl (C=O) groups is 2. The summed E-state index contributed by atoms with van der Waals surface area (Å²) in [7, 11) is 1.47. The lowest BCUT2D eigenvalue weighted by Gasteiger charge is -2.16. The van der Waals surface area contributed by atoms with Crippen molar-refractivity contribution in [1.82, 2.24) is 5.32 Å². The van der Waals surface area contributed by atoms with Crippen molar-refractivity contribution < 1.29 is 21.6 Å². The van der Waals surface area contributed by atoms with Gasteiger partial charge in [-0.25, -0.2) is 4.39 Å². The van der Waals surface area contributed by atoms with Gasteiger partial charge in [0.25, 0.3) is 5.91 Å². The van der Waals surface area contributed by atoms with Crippen LogP contribution in [0.4, 0.5) is 4.39 Å². The first kappa shape index (κ1) is 33.6. The first-order chi connectivity index (χ1) is 16.9. The molecular formula is C29H45FN2O3. The number of carbonyl (C=O) groups excluding carboxylic acids is 2. The number of nitrogens with two attached hydrogens (primary N) is 1. The smallest absolute Gasteiger partial charge is 0.254 e. The van der Waals surface area contributed by atoms with Crippen molar-refractivity contribution in [3.63, 3.8) is 0 Å².